The molecule has 13 heavy (non-hydrogen) atoms. The fourth-order valence-corrected chi connectivity index (χ4v) is 0.858. The molecular weight excluding hydrogens is 166 g/mol. The molecule has 1 heterocycles. The molecule has 1 rings (SSSR count). The number of rotatable bonds is 3. The molecule has 68 valence electrons. The third-order valence-corrected chi connectivity index (χ3v) is 1.48. The van der Waals surface area contributed by atoms with Crippen LogP contribution in [0.15, 0.2) is 12.1 Å². The van der Waals surface area contributed by atoms with Gasteiger partial charge in [-0.2, -0.15) is 5.26 Å². The summed E-state index contributed by atoms with van der Waals surface area (Å²) < 4.78 is 0. The molecule has 0 aromatic carbocycles. The van der Waals surface area contributed by atoms with E-state index in [0.29, 0.717) is 24.6 Å². The molecule has 0 spiro atoms. The van der Waals surface area contributed by atoms with E-state index in [1.807, 2.05) is 6.07 Å². The molecular formula is C8H11N5. The van der Waals surface area contributed by atoms with Crippen LogP contribution in [-0.2, 0) is 0 Å². The van der Waals surface area contributed by atoms with E-state index in [4.69, 9.17) is 16.7 Å². The summed E-state index contributed by atoms with van der Waals surface area (Å²) in [7, 11) is 0. The van der Waals surface area contributed by atoms with Gasteiger partial charge in [-0.3, -0.25) is 0 Å². The van der Waals surface area contributed by atoms with Crippen LogP contribution in [0.5, 0.6) is 0 Å². The van der Waals surface area contributed by atoms with Crippen molar-refractivity contribution in [3.63, 3.8) is 0 Å². The molecule has 5 heteroatoms. The highest BCUT2D eigenvalue weighted by Gasteiger charge is 2.00. The van der Waals surface area contributed by atoms with Crippen molar-refractivity contribution in [3.05, 3.63) is 17.8 Å². The number of nitrogens with two attached hydrogens (primary N) is 2. The van der Waals surface area contributed by atoms with E-state index in [1.165, 1.54) is 0 Å². The highest BCUT2D eigenvalue weighted by Crippen LogP contribution is 2.11. The van der Waals surface area contributed by atoms with Crippen molar-refractivity contribution >= 4 is 11.5 Å². The number of nitrogen functional groups attached to an aromatic ring is 1. The molecule has 0 unspecified atom stereocenters. The molecule has 5 nitrogen and oxygen atoms in total. The Kier molecular flexibility index (Phi) is 3.06. The number of anilines is 2. The monoisotopic (exact) mass is 177 g/mol. The van der Waals surface area contributed by atoms with E-state index in [9.17, 15) is 0 Å². The van der Waals surface area contributed by atoms with E-state index in [1.54, 1.807) is 12.1 Å². The topological polar surface area (TPSA) is 101 Å². The largest absolute Gasteiger partial charge is 0.396 e. The number of nitrogens with one attached hydrogen (secondary N) is 1. The van der Waals surface area contributed by atoms with Gasteiger partial charge < -0.3 is 16.8 Å². The fourth-order valence-electron chi connectivity index (χ4n) is 0.858. The van der Waals surface area contributed by atoms with Crippen LogP contribution in [0.1, 0.15) is 5.69 Å². The Balaban J connectivity index is 2.82. The third-order valence-electron chi connectivity index (χ3n) is 1.48. The van der Waals surface area contributed by atoms with E-state index in [0.717, 1.165) is 0 Å². The summed E-state index contributed by atoms with van der Waals surface area (Å²) in [5.41, 5.74) is 11.4. The third kappa shape index (κ3) is 2.32. The molecule has 0 aliphatic carbocycles. The van der Waals surface area contributed by atoms with Crippen LogP contribution in [0.2, 0.25) is 0 Å². The number of aromatic nitrogens is 1. The highest BCUT2D eigenvalue weighted by molar-refractivity contribution is 5.54. The number of hydrogen-bond acceptors (Lipinski definition) is 5. The van der Waals surface area contributed by atoms with E-state index < -0.39 is 0 Å². The number of nitriles is 1. The molecule has 0 atom stereocenters. The first-order valence-corrected chi connectivity index (χ1v) is 3.88. The number of nitrogens with zero attached hydrogens (tertiary/aromatic N) is 2. The average molecular weight is 177 g/mol. The van der Waals surface area contributed by atoms with Crippen molar-refractivity contribution in [2.24, 2.45) is 5.73 Å². The first-order chi connectivity index (χ1) is 6.27. The maximum atomic E-state index is 8.62. The van der Waals surface area contributed by atoms with Gasteiger partial charge in [0.1, 0.15) is 11.9 Å². The van der Waals surface area contributed by atoms with Crippen molar-refractivity contribution in [1.82, 2.24) is 4.98 Å². The van der Waals surface area contributed by atoms with Crippen LogP contribution in [0.4, 0.5) is 11.5 Å². The average Bonchev–Trinajstić information content (AvgIpc) is 2.16. The van der Waals surface area contributed by atoms with E-state index in [2.05, 4.69) is 10.3 Å². The second-order valence-corrected chi connectivity index (χ2v) is 2.46. The standard InChI is InChI=1S/C8H11N5/c9-3-4-12-8-2-1-6(11)7(5-10)13-8/h1-2H,3-4,9,11H2,(H,12,13). The molecule has 1 aromatic rings. The summed E-state index contributed by atoms with van der Waals surface area (Å²) in [6.45, 7) is 1.15. The second kappa shape index (κ2) is 4.28. The maximum Gasteiger partial charge on any atom is 0.165 e. The zero-order valence-electron chi connectivity index (χ0n) is 7.12. The molecule has 0 aliphatic heterocycles. The first-order valence-electron chi connectivity index (χ1n) is 3.88. The second-order valence-electron chi connectivity index (χ2n) is 2.46. The first kappa shape index (κ1) is 9.29. The van der Waals surface area contributed by atoms with Gasteiger partial charge in [0.05, 0.1) is 5.69 Å². The molecule has 5 N–H and O–H groups in total. The molecule has 0 amide bonds. The summed E-state index contributed by atoms with van der Waals surface area (Å²) in [6.07, 6.45) is 0. The lowest BCUT2D eigenvalue weighted by Gasteiger charge is -2.04. The number of hydrogen-bond donors (Lipinski definition) is 3. The lowest BCUT2D eigenvalue weighted by molar-refractivity contribution is 1.01. The van der Waals surface area contributed by atoms with Crippen molar-refractivity contribution in [2.75, 3.05) is 24.1 Å². The van der Waals surface area contributed by atoms with Crippen molar-refractivity contribution in [2.45, 2.75) is 0 Å². The van der Waals surface area contributed by atoms with Crippen LogP contribution < -0.4 is 16.8 Å². The maximum absolute atomic E-state index is 8.62. The minimum Gasteiger partial charge on any atom is -0.396 e. The van der Waals surface area contributed by atoms with Gasteiger partial charge in [0, 0.05) is 13.1 Å². The molecule has 1 aromatic heterocycles. The van der Waals surface area contributed by atoms with Gasteiger partial charge in [0.2, 0.25) is 0 Å². The predicted molar refractivity (Wildman–Crippen MR) is 50.9 cm³/mol. The van der Waals surface area contributed by atoms with Gasteiger partial charge >= 0.3 is 0 Å². The Morgan fingerprint density at radius 2 is 2.31 bits per heavy atom. The summed E-state index contributed by atoms with van der Waals surface area (Å²) >= 11 is 0. The SMILES string of the molecule is N#Cc1nc(NCCN)ccc1N. The van der Waals surface area contributed by atoms with Gasteiger partial charge in [-0.1, -0.05) is 0 Å². The van der Waals surface area contributed by atoms with Crippen LogP contribution in [0, 0.1) is 11.3 Å². The summed E-state index contributed by atoms with van der Waals surface area (Å²) in [4.78, 5) is 3.98. The van der Waals surface area contributed by atoms with Crippen LogP contribution in [0.3, 0.4) is 0 Å². The lowest BCUT2D eigenvalue weighted by atomic mass is 10.3. The lowest BCUT2D eigenvalue weighted by Crippen LogP contribution is -2.14. The molecule has 0 aliphatic rings. The minimum atomic E-state index is 0.238. The van der Waals surface area contributed by atoms with Crippen LogP contribution in [0.25, 0.3) is 0 Å². The molecule has 0 fully saturated rings. The predicted octanol–water partition coefficient (Wildman–Crippen LogP) is -0.0939. The summed E-state index contributed by atoms with van der Waals surface area (Å²) in [6, 6.07) is 5.26. The fraction of sp³-hybridized carbons (Fsp3) is 0.250. The van der Waals surface area contributed by atoms with Gasteiger partial charge in [-0.05, 0) is 12.1 Å². The zero-order valence-corrected chi connectivity index (χ0v) is 7.12. The Hall–Kier alpha value is -1.80. The smallest absolute Gasteiger partial charge is 0.165 e. The summed E-state index contributed by atoms with van der Waals surface area (Å²) in [5, 5.41) is 11.6. The Morgan fingerprint density at radius 1 is 1.54 bits per heavy atom. The van der Waals surface area contributed by atoms with Crippen LogP contribution >= 0.6 is 0 Å². The summed E-state index contributed by atoms with van der Waals surface area (Å²) in [5.74, 6) is 0.621. The van der Waals surface area contributed by atoms with Crippen LogP contribution in [-0.4, -0.2) is 18.1 Å². The Labute approximate surface area is 76.4 Å². The highest BCUT2D eigenvalue weighted by atomic mass is 15.0. The van der Waals surface area contributed by atoms with E-state index in [-0.39, 0.29) is 5.69 Å². The minimum absolute atomic E-state index is 0.238. The number of pyridine rings is 1. The molecule has 0 radical (unpaired) electrons. The van der Waals surface area contributed by atoms with Gasteiger partial charge in [0.15, 0.2) is 5.69 Å². The van der Waals surface area contributed by atoms with Gasteiger partial charge in [-0.25, -0.2) is 4.98 Å². The molecule has 0 saturated carbocycles. The Bertz CT molecular complexity index is 328. The molecule has 0 saturated heterocycles. The Morgan fingerprint density at radius 3 is 2.92 bits per heavy atom. The van der Waals surface area contributed by atoms with Crippen molar-refractivity contribution < 1.29 is 0 Å². The van der Waals surface area contributed by atoms with Crippen molar-refractivity contribution in [1.29, 1.82) is 5.26 Å². The van der Waals surface area contributed by atoms with Gasteiger partial charge in [0.25, 0.3) is 0 Å². The van der Waals surface area contributed by atoms with Crippen molar-refractivity contribution in [3.8, 4) is 6.07 Å². The normalized spacial score (nSPS) is 9.23. The van der Waals surface area contributed by atoms with Gasteiger partial charge in [-0.15, -0.1) is 0 Å². The van der Waals surface area contributed by atoms with E-state index >= 15 is 0 Å². The molecule has 0 bridgehead atoms. The zero-order chi connectivity index (χ0) is 9.68. The quantitative estimate of drug-likeness (QED) is 0.598.